The van der Waals surface area contributed by atoms with E-state index in [9.17, 15) is 14.4 Å². The van der Waals surface area contributed by atoms with Crippen LogP contribution in [-0.4, -0.2) is 48.7 Å². The molecule has 0 saturated heterocycles. The van der Waals surface area contributed by atoms with E-state index in [0.717, 1.165) is 48.9 Å². The van der Waals surface area contributed by atoms with Gasteiger partial charge in [0.25, 0.3) is 0 Å². The second-order valence-corrected chi connectivity index (χ2v) is 9.45. The van der Waals surface area contributed by atoms with E-state index in [0.29, 0.717) is 0 Å². The molecule has 8 nitrogen and oxygen atoms in total. The molecule has 8 heteroatoms. The van der Waals surface area contributed by atoms with Crippen LogP contribution in [0.4, 0.5) is 15.3 Å². The molecule has 2 aliphatic carbocycles. The van der Waals surface area contributed by atoms with Gasteiger partial charge in [0.05, 0.1) is 18.8 Å². The lowest BCUT2D eigenvalue weighted by molar-refractivity contribution is -0.139. The molecule has 1 heterocycles. The minimum absolute atomic E-state index is 0.0483. The number of rotatable bonds is 6. The molecule has 0 bridgehead atoms. The van der Waals surface area contributed by atoms with E-state index in [1.807, 2.05) is 64.4 Å². The van der Waals surface area contributed by atoms with Gasteiger partial charge >= 0.3 is 18.1 Å². The topological polar surface area (TPSA) is 88.2 Å². The summed E-state index contributed by atoms with van der Waals surface area (Å²) in [5, 5.41) is 2.74. The molecule has 2 aromatic carbocycles. The number of benzene rings is 2. The maximum Gasteiger partial charge on any atom is 0.414 e. The van der Waals surface area contributed by atoms with Crippen LogP contribution < -0.4 is 10.2 Å². The second kappa shape index (κ2) is 9.98. The number of fused-ring (bicyclic) bond motifs is 2. The van der Waals surface area contributed by atoms with Crippen molar-refractivity contribution in [1.29, 1.82) is 0 Å². The third-order valence-corrected chi connectivity index (χ3v) is 7.27. The van der Waals surface area contributed by atoms with Crippen LogP contribution in [0.15, 0.2) is 54.6 Å². The summed E-state index contributed by atoms with van der Waals surface area (Å²) in [6, 6.07) is 17.1. The van der Waals surface area contributed by atoms with Crippen molar-refractivity contribution in [2.75, 3.05) is 18.6 Å². The summed E-state index contributed by atoms with van der Waals surface area (Å²) in [6.07, 6.45) is 4.27. The average molecular weight is 478 g/mol. The first-order valence-corrected chi connectivity index (χ1v) is 12.3. The normalized spacial score (nSPS) is 22.5. The van der Waals surface area contributed by atoms with Gasteiger partial charge in [-0.15, -0.1) is 0 Å². The Hall–Kier alpha value is -3.55. The Morgan fingerprint density at radius 1 is 1.00 bits per heavy atom. The van der Waals surface area contributed by atoms with E-state index < -0.39 is 5.97 Å². The first-order chi connectivity index (χ1) is 17.1. The molecule has 3 aliphatic rings. The molecular weight excluding hydrogens is 446 g/mol. The van der Waals surface area contributed by atoms with Crippen molar-refractivity contribution in [2.24, 2.45) is 5.92 Å². The number of ether oxygens (including phenoxy) is 2. The Balaban J connectivity index is 1.44. The Kier molecular flexibility index (Phi) is 6.61. The predicted octanol–water partition coefficient (Wildman–Crippen LogP) is 4.40. The number of para-hydroxylation sites is 1. The lowest BCUT2D eigenvalue weighted by Crippen LogP contribution is -2.54. The molecule has 184 valence electrons. The fraction of sp³-hybridized carbons (Fsp3) is 0.444. The van der Waals surface area contributed by atoms with Crippen molar-refractivity contribution in [3.8, 4) is 0 Å². The number of carbonyl (C=O) groups is 3. The van der Waals surface area contributed by atoms with Gasteiger partial charge in [-0.25, -0.2) is 9.59 Å². The van der Waals surface area contributed by atoms with Gasteiger partial charge in [0, 0.05) is 18.0 Å². The molecule has 2 fully saturated rings. The van der Waals surface area contributed by atoms with Crippen molar-refractivity contribution in [2.45, 2.75) is 56.8 Å². The van der Waals surface area contributed by atoms with Gasteiger partial charge in [0.1, 0.15) is 13.2 Å². The first-order valence-electron chi connectivity index (χ1n) is 12.3. The number of anilines is 1. The number of methoxy groups -OCH3 is 1. The molecule has 5 rings (SSSR count). The number of amides is 3. The lowest BCUT2D eigenvalue weighted by Gasteiger charge is -2.47. The zero-order valence-electron chi connectivity index (χ0n) is 19.9. The van der Waals surface area contributed by atoms with Gasteiger partial charge in [-0.05, 0) is 42.9 Å². The minimum Gasteiger partial charge on any atom is -0.468 e. The minimum atomic E-state index is -0.482. The van der Waals surface area contributed by atoms with Crippen LogP contribution in [0.3, 0.4) is 0 Å². The highest BCUT2D eigenvalue weighted by Gasteiger charge is 2.51. The van der Waals surface area contributed by atoms with Crippen LogP contribution in [0.2, 0.25) is 0 Å². The zero-order valence-corrected chi connectivity index (χ0v) is 19.9. The van der Waals surface area contributed by atoms with Crippen LogP contribution in [0.5, 0.6) is 0 Å². The van der Waals surface area contributed by atoms with Crippen molar-refractivity contribution in [3.63, 3.8) is 0 Å². The summed E-state index contributed by atoms with van der Waals surface area (Å²) in [7, 11) is 1.30. The van der Waals surface area contributed by atoms with Crippen molar-refractivity contribution in [1.82, 2.24) is 10.2 Å². The van der Waals surface area contributed by atoms with E-state index >= 15 is 0 Å². The number of carbonyl (C=O) groups excluding carboxylic acids is 3. The lowest BCUT2D eigenvalue weighted by atomic mass is 9.82. The van der Waals surface area contributed by atoms with E-state index in [2.05, 4.69) is 5.32 Å². The molecule has 1 N–H and O–H groups in total. The van der Waals surface area contributed by atoms with Crippen LogP contribution in [-0.2, 0) is 20.9 Å². The maximum atomic E-state index is 13.4. The summed E-state index contributed by atoms with van der Waals surface area (Å²) in [5.41, 5.74) is 2.69. The molecule has 35 heavy (non-hydrogen) atoms. The largest absolute Gasteiger partial charge is 0.468 e. The van der Waals surface area contributed by atoms with Gasteiger partial charge in [-0.3, -0.25) is 9.69 Å². The van der Waals surface area contributed by atoms with E-state index in [4.69, 9.17) is 9.47 Å². The Morgan fingerprint density at radius 3 is 2.49 bits per heavy atom. The second-order valence-electron chi connectivity index (χ2n) is 9.45. The van der Waals surface area contributed by atoms with Crippen LogP contribution in [0.1, 0.15) is 49.3 Å². The third kappa shape index (κ3) is 4.70. The van der Waals surface area contributed by atoms with E-state index in [1.165, 1.54) is 7.11 Å². The number of hydrogen-bond acceptors (Lipinski definition) is 5. The Labute approximate surface area is 205 Å². The molecule has 0 spiro atoms. The molecule has 3 amide bonds. The highest BCUT2D eigenvalue weighted by atomic mass is 16.6. The maximum absolute atomic E-state index is 13.4. The number of nitrogens with one attached hydrogen (secondary N) is 1. The van der Waals surface area contributed by atoms with Crippen LogP contribution in [0.25, 0.3) is 0 Å². The van der Waals surface area contributed by atoms with Crippen molar-refractivity contribution in [3.05, 3.63) is 65.7 Å². The number of nitrogens with zero attached hydrogens (tertiary/aromatic N) is 2. The van der Waals surface area contributed by atoms with Crippen molar-refractivity contribution >= 4 is 23.8 Å². The van der Waals surface area contributed by atoms with Crippen LogP contribution in [0, 0.1) is 5.92 Å². The fourth-order valence-electron chi connectivity index (χ4n) is 5.59. The van der Waals surface area contributed by atoms with Gasteiger partial charge in [-0.2, -0.15) is 0 Å². The molecule has 0 radical (unpaired) electrons. The monoisotopic (exact) mass is 477 g/mol. The SMILES string of the molecule is COC(=O)CNC(=O)N(C1CC1)C1c2ccccc2N(C(=O)OCc2ccccc2)C2CCCC21. The van der Waals surface area contributed by atoms with E-state index in [-0.39, 0.29) is 49.3 Å². The highest BCUT2D eigenvalue weighted by Crippen LogP contribution is 2.52. The highest BCUT2D eigenvalue weighted by molar-refractivity contribution is 5.91. The average Bonchev–Trinajstić information content (AvgIpc) is 3.61. The van der Waals surface area contributed by atoms with Crippen LogP contribution >= 0.6 is 0 Å². The molecule has 2 aromatic rings. The predicted molar refractivity (Wildman–Crippen MR) is 130 cm³/mol. The smallest absolute Gasteiger partial charge is 0.414 e. The van der Waals surface area contributed by atoms with E-state index in [1.54, 1.807) is 0 Å². The standard InChI is InChI=1S/C27H31N3O5/c1-34-24(31)16-28-26(32)29(19-14-15-19)25-20-10-5-6-12-22(20)30(23-13-7-11-21(23)25)27(33)35-17-18-8-3-2-4-9-18/h2-6,8-10,12,19,21,23,25H,7,11,13-17H2,1H3,(H,28,32). The molecule has 2 saturated carbocycles. The Bertz CT molecular complexity index is 1090. The van der Waals surface area contributed by atoms with Gasteiger partial charge < -0.3 is 19.7 Å². The van der Waals surface area contributed by atoms with Gasteiger partial charge in [-0.1, -0.05) is 55.0 Å². The fourth-order valence-corrected chi connectivity index (χ4v) is 5.59. The summed E-state index contributed by atoms with van der Waals surface area (Å²) in [5.74, 6) is -0.386. The summed E-state index contributed by atoms with van der Waals surface area (Å²) in [4.78, 5) is 42.1. The Morgan fingerprint density at radius 2 is 1.74 bits per heavy atom. The number of urea groups is 1. The molecule has 3 unspecified atom stereocenters. The van der Waals surface area contributed by atoms with Crippen molar-refractivity contribution < 1.29 is 23.9 Å². The quantitative estimate of drug-likeness (QED) is 0.623. The molecule has 0 aromatic heterocycles. The molecule has 3 atom stereocenters. The first kappa shape index (κ1) is 23.2. The summed E-state index contributed by atoms with van der Waals surface area (Å²) >= 11 is 0. The molecule has 1 aliphatic heterocycles. The number of hydrogen-bond donors (Lipinski definition) is 1. The third-order valence-electron chi connectivity index (χ3n) is 7.27. The summed E-state index contributed by atoms with van der Waals surface area (Å²) < 4.78 is 10.4. The van der Waals surface area contributed by atoms with Gasteiger partial charge in [0.2, 0.25) is 0 Å². The summed E-state index contributed by atoms with van der Waals surface area (Å²) in [6.45, 7) is 0.0439. The van der Waals surface area contributed by atoms with Gasteiger partial charge in [0.15, 0.2) is 0 Å². The molecular formula is C27H31N3O5. The zero-order chi connectivity index (χ0) is 24.4. The number of esters is 1.